The summed E-state index contributed by atoms with van der Waals surface area (Å²) in [4.78, 5) is 6.06. The van der Waals surface area contributed by atoms with Crippen molar-refractivity contribution in [3.8, 4) is 0 Å². The Morgan fingerprint density at radius 3 is 2.33 bits per heavy atom. The summed E-state index contributed by atoms with van der Waals surface area (Å²) in [6.07, 6.45) is 10.5. The van der Waals surface area contributed by atoms with E-state index in [4.69, 9.17) is 0 Å². The fourth-order valence-electron chi connectivity index (χ4n) is 4.16. The van der Waals surface area contributed by atoms with Crippen LogP contribution in [-0.4, -0.2) is 18.1 Å². The molecule has 0 N–H and O–H groups in total. The first-order chi connectivity index (χ1) is 8.83. The molecule has 0 spiro atoms. The van der Waals surface area contributed by atoms with Crippen molar-refractivity contribution in [2.45, 2.75) is 12.8 Å². The first-order valence-corrected chi connectivity index (χ1v) is 6.86. The molecule has 4 aliphatic rings. The molecule has 3 aliphatic carbocycles. The summed E-state index contributed by atoms with van der Waals surface area (Å²) in [6.45, 7) is 2.02. The number of aromatic nitrogens is 1. The monoisotopic (exact) mass is 244 g/mol. The Balaban J connectivity index is 1.63. The summed E-state index contributed by atoms with van der Waals surface area (Å²) in [5.41, 5.74) is 0.735. The maximum Gasteiger partial charge on any atom is 0.164 e. The van der Waals surface area contributed by atoms with Crippen molar-refractivity contribution >= 4 is 5.69 Å². The van der Waals surface area contributed by atoms with E-state index < -0.39 is 0 Å². The molecule has 3 heteroatoms. The zero-order valence-electron chi connectivity index (χ0n) is 10.3. The van der Waals surface area contributed by atoms with E-state index in [1.54, 1.807) is 6.20 Å². The molecule has 2 bridgehead atoms. The van der Waals surface area contributed by atoms with E-state index in [1.807, 2.05) is 6.07 Å². The van der Waals surface area contributed by atoms with Crippen LogP contribution in [0.2, 0.25) is 0 Å². The van der Waals surface area contributed by atoms with Gasteiger partial charge in [0.15, 0.2) is 5.82 Å². The van der Waals surface area contributed by atoms with Crippen LogP contribution < -0.4 is 4.90 Å². The first-order valence-electron chi connectivity index (χ1n) is 6.86. The van der Waals surface area contributed by atoms with Crippen LogP contribution in [0.3, 0.4) is 0 Å². The summed E-state index contributed by atoms with van der Waals surface area (Å²) in [5.74, 6) is 2.75. The van der Waals surface area contributed by atoms with E-state index in [0.29, 0.717) is 0 Å². The molecule has 94 valence electrons. The lowest BCUT2D eigenvalue weighted by Gasteiger charge is -2.40. The number of fused-ring (bicyclic) bond motifs is 1. The van der Waals surface area contributed by atoms with Crippen molar-refractivity contribution in [2.75, 3.05) is 18.0 Å². The van der Waals surface area contributed by atoms with Crippen molar-refractivity contribution in [3.05, 3.63) is 36.4 Å². The Bertz CT molecular complexity index is 477. The number of pyridine rings is 1. The molecule has 1 aromatic heterocycles. The fourth-order valence-corrected chi connectivity index (χ4v) is 4.16. The van der Waals surface area contributed by atoms with Crippen molar-refractivity contribution in [1.29, 1.82) is 0 Å². The van der Waals surface area contributed by atoms with E-state index in [-0.39, 0.29) is 5.82 Å². The van der Waals surface area contributed by atoms with Gasteiger partial charge in [-0.05, 0) is 42.6 Å². The number of rotatable bonds is 1. The highest BCUT2D eigenvalue weighted by Crippen LogP contribution is 2.49. The molecule has 0 radical (unpaired) electrons. The maximum absolute atomic E-state index is 13.8. The quantitative estimate of drug-likeness (QED) is 0.706. The summed E-state index contributed by atoms with van der Waals surface area (Å²) in [7, 11) is 0. The molecule has 0 aromatic carbocycles. The van der Waals surface area contributed by atoms with Crippen molar-refractivity contribution < 1.29 is 4.39 Å². The minimum Gasteiger partial charge on any atom is -0.368 e. The van der Waals surface area contributed by atoms with Gasteiger partial charge in [-0.25, -0.2) is 4.39 Å². The average Bonchev–Trinajstić information content (AvgIpc) is 2.87. The number of halogens is 1. The lowest BCUT2D eigenvalue weighted by molar-refractivity contribution is 0.169. The molecular formula is C15H17FN2. The van der Waals surface area contributed by atoms with E-state index in [2.05, 4.69) is 22.0 Å². The summed E-state index contributed by atoms with van der Waals surface area (Å²) >= 11 is 0. The predicted octanol–water partition coefficient (Wildman–Crippen LogP) is 2.87. The summed E-state index contributed by atoms with van der Waals surface area (Å²) in [6, 6.07) is 1.81. The molecule has 18 heavy (non-hydrogen) atoms. The molecule has 1 saturated carbocycles. The highest BCUT2D eigenvalue weighted by molar-refractivity contribution is 5.48. The van der Waals surface area contributed by atoms with Gasteiger partial charge in [0, 0.05) is 19.3 Å². The SMILES string of the molecule is Fc1cnccc1N1C[C@@H]2[C@H](C1)[C@H]1C=C[C@@H]2CC1. The number of nitrogens with zero attached hydrogens (tertiary/aromatic N) is 2. The van der Waals surface area contributed by atoms with Gasteiger partial charge in [-0.1, -0.05) is 12.2 Å². The van der Waals surface area contributed by atoms with Crippen LogP contribution in [0.5, 0.6) is 0 Å². The minimum absolute atomic E-state index is 0.184. The molecule has 2 fully saturated rings. The molecule has 2 nitrogen and oxygen atoms in total. The van der Waals surface area contributed by atoms with E-state index in [9.17, 15) is 4.39 Å². The molecular weight excluding hydrogens is 227 g/mol. The van der Waals surface area contributed by atoms with Gasteiger partial charge in [0.2, 0.25) is 0 Å². The Hall–Kier alpha value is -1.38. The van der Waals surface area contributed by atoms with Gasteiger partial charge in [-0.15, -0.1) is 0 Å². The average molecular weight is 244 g/mol. The number of allylic oxidation sites excluding steroid dienone is 2. The van der Waals surface area contributed by atoms with E-state index >= 15 is 0 Å². The van der Waals surface area contributed by atoms with Crippen molar-refractivity contribution in [2.24, 2.45) is 23.7 Å². The largest absolute Gasteiger partial charge is 0.368 e. The van der Waals surface area contributed by atoms with Gasteiger partial charge in [-0.2, -0.15) is 0 Å². The molecule has 2 heterocycles. The standard InChI is InChI=1S/C15H17FN2/c16-14-7-17-6-5-15(14)18-8-12-10-1-2-11(4-3-10)13(12)9-18/h1-2,5-7,10-13H,3-4,8-9H2/t10-,11+,12+,13-. The number of hydrogen-bond donors (Lipinski definition) is 0. The van der Waals surface area contributed by atoms with Gasteiger partial charge < -0.3 is 4.90 Å². The molecule has 0 unspecified atom stereocenters. The number of anilines is 1. The molecule has 1 saturated heterocycles. The van der Waals surface area contributed by atoms with Gasteiger partial charge in [-0.3, -0.25) is 4.98 Å². The highest BCUT2D eigenvalue weighted by Gasteiger charge is 2.46. The molecule has 5 rings (SSSR count). The second-order valence-electron chi connectivity index (χ2n) is 5.85. The predicted molar refractivity (Wildman–Crippen MR) is 68.7 cm³/mol. The zero-order valence-corrected chi connectivity index (χ0v) is 10.3. The second-order valence-corrected chi connectivity index (χ2v) is 5.85. The van der Waals surface area contributed by atoms with Crippen LogP contribution in [0.1, 0.15) is 12.8 Å². The van der Waals surface area contributed by atoms with Crippen LogP contribution in [0.25, 0.3) is 0 Å². The summed E-state index contributed by atoms with van der Waals surface area (Å²) in [5, 5.41) is 0. The molecule has 1 aromatic rings. The van der Waals surface area contributed by atoms with Crippen LogP contribution in [0.4, 0.5) is 10.1 Å². The van der Waals surface area contributed by atoms with Crippen LogP contribution in [-0.2, 0) is 0 Å². The Morgan fingerprint density at radius 2 is 1.78 bits per heavy atom. The number of hydrogen-bond acceptors (Lipinski definition) is 2. The Morgan fingerprint density at radius 1 is 1.11 bits per heavy atom. The lowest BCUT2D eigenvalue weighted by Crippen LogP contribution is -2.35. The molecule has 1 aliphatic heterocycles. The van der Waals surface area contributed by atoms with Gasteiger partial charge in [0.1, 0.15) is 0 Å². The molecule has 4 atom stereocenters. The fraction of sp³-hybridized carbons (Fsp3) is 0.533. The topological polar surface area (TPSA) is 16.1 Å². The second kappa shape index (κ2) is 3.81. The zero-order chi connectivity index (χ0) is 12.1. The highest BCUT2D eigenvalue weighted by atomic mass is 19.1. The van der Waals surface area contributed by atoms with E-state index in [1.165, 1.54) is 19.0 Å². The Kier molecular flexibility index (Phi) is 2.23. The van der Waals surface area contributed by atoms with Crippen molar-refractivity contribution in [1.82, 2.24) is 4.98 Å². The lowest BCUT2D eigenvalue weighted by atomic mass is 9.64. The van der Waals surface area contributed by atoms with Crippen LogP contribution in [0, 0.1) is 29.5 Å². The third-order valence-electron chi connectivity index (χ3n) is 5.04. The third kappa shape index (κ3) is 1.43. The van der Waals surface area contributed by atoms with Crippen LogP contribution >= 0.6 is 0 Å². The van der Waals surface area contributed by atoms with E-state index in [0.717, 1.165) is 42.4 Å². The van der Waals surface area contributed by atoms with Gasteiger partial charge >= 0.3 is 0 Å². The molecule has 0 amide bonds. The normalized spacial score (nSPS) is 37.1. The van der Waals surface area contributed by atoms with Crippen LogP contribution in [0.15, 0.2) is 30.6 Å². The smallest absolute Gasteiger partial charge is 0.164 e. The maximum atomic E-state index is 13.8. The summed E-state index contributed by atoms with van der Waals surface area (Å²) < 4.78 is 13.8. The van der Waals surface area contributed by atoms with Gasteiger partial charge in [0.25, 0.3) is 0 Å². The Labute approximate surface area is 107 Å². The van der Waals surface area contributed by atoms with Gasteiger partial charge in [0.05, 0.1) is 11.9 Å². The first kappa shape index (κ1) is 10.5. The minimum atomic E-state index is -0.184. The third-order valence-corrected chi connectivity index (χ3v) is 5.04. The van der Waals surface area contributed by atoms with Crippen molar-refractivity contribution in [3.63, 3.8) is 0 Å².